The number of rotatable bonds is 7. The van der Waals surface area contributed by atoms with E-state index in [1.807, 2.05) is 24.3 Å². The molecule has 2 aromatic carbocycles. The molecule has 7 nitrogen and oxygen atoms in total. The van der Waals surface area contributed by atoms with Crippen molar-refractivity contribution in [2.24, 2.45) is 17.8 Å². The van der Waals surface area contributed by atoms with E-state index in [0.29, 0.717) is 24.8 Å². The number of carbonyl (C=O) groups excluding carboxylic acids is 2. The molecule has 9 heteroatoms. The molecule has 200 valence electrons. The fourth-order valence-electron chi connectivity index (χ4n) is 5.30. The highest BCUT2D eigenvalue weighted by Gasteiger charge is 2.34. The zero-order valence-corrected chi connectivity index (χ0v) is 23.1. The van der Waals surface area contributed by atoms with Crippen LogP contribution < -0.4 is 0 Å². The molecule has 1 saturated carbocycles. The van der Waals surface area contributed by atoms with Crippen molar-refractivity contribution in [3.05, 3.63) is 64.2 Å². The minimum absolute atomic E-state index is 0.0438. The van der Waals surface area contributed by atoms with Crippen LogP contribution in [0.5, 0.6) is 0 Å². The van der Waals surface area contributed by atoms with Crippen molar-refractivity contribution in [2.45, 2.75) is 64.0 Å². The molecule has 2 aliphatic rings. The quantitative estimate of drug-likeness (QED) is 0.440. The van der Waals surface area contributed by atoms with Gasteiger partial charge in [0.2, 0.25) is 10.0 Å². The van der Waals surface area contributed by atoms with Gasteiger partial charge >= 0.3 is 11.9 Å². The second-order valence-corrected chi connectivity index (χ2v) is 12.8. The molecule has 0 N–H and O–H groups in total. The van der Waals surface area contributed by atoms with Crippen LogP contribution in [-0.4, -0.2) is 43.9 Å². The predicted molar refractivity (Wildman–Crippen MR) is 141 cm³/mol. The minimum Gasteiger partial charge on any atom is -0.460 e. The smallest absolute Gasteiger partial charge is 0.344 e. The summed E-state index contributed by atoms with van der Waals surface area (Å²) in [7, 11) is -3.87. The Bertz CT molecular complexity index is 1260. The van der Waals surface area contributed by atoms with Crippen molar-refractivity contribution in [1.29, 1.82) is 0 Å². The number of esters is 2. The Hall–Kier alpha value is -2.42. The number of benzene rings is 2. The SMILES string of the molecule is CC(C)[C@@H]1CC[C@H](C)C[C@@H]1OC(=O)COC(=O)c1cc(S(=O)(=O)N2CCc3ccccc3C2)ccc1Cl. The van der Waals surface area contributed by atoms with Crippen LogP contribution in [0.4, 0.5) is 0 Å². The van der Waals surface area contributed by atoms with Gasteiger partial charge in [0.15, 0.2) is 6.61 Å². The highest BCUT2D eigenvalue weighted by atomic mass is 35.5. The maximum absolute atomic E-state index is 13.3. The maximum atomic E-state index is 13.3. The summed E-state index contributed by atoms with van der Waals surface area (Å²) in [6, 6.07) is 11.7. The average Bonchev–Trinajstić information content (AvgIpc) is 2.87. The van der Waals surface area contributed by atoms with E-state index < -0.39 is 28.6 Å². The summed E-state index contributed by atoms with van der Waals surface area (Å²) in [6.07, 6.45) is 3.29. The number of halogens is 1. The molecule has 0 amide bonds. The van der Waals surface area contributed by atoms with Crippen molar-refractivity contribution < 1.29 is 27.5 Å². The lowest BCUT2D eigenvalue weighted by atomic mass is 9.75. The van der Waals surface area contributed by atoms with E-state index in [0.717, 1.165) is 30.4 Å². The largest absolute Gasteiger partial charge is 0.460 e. The first-order chi connectivity index (χ1) is 17.6. The zero-order chi connectivity index (χ0) is 26.7. The average molecular weight is 548 g/mol. The number of fused-ring (bicyclic) bond motifs is 1. The Morgan fingerprint density at radius 2 is 1.84 bits per heavy atom. The van der Waals surface area contributed by atoms with Gasteiger partial charge in [-0.2, -0.15) is 4.31 Å². The van der Waals surface area contributed by atoms with Crippen LogP contribution in [0.25, 0.3) is 0 Å². The molecular weight excluding hydrogens is 514 g/mol. The summed E-state index contributed by atoms with van der Waals surface area (Å²) in [6.45, 7) is 6.41. The topological polar surface area (TPSA) is 90.0 Å². The van der Waals surface area contributed by atoms with Gasteiger partial charge in [0.1, 0.15) is 6.10 Å². The van der Waals surface area contributed by atoms with Gasteiger partial charge in [0, 0.05) is 13.1 Å². The molecule has 0 aromatic heterocycles. The molecule has 4 rings (SSSR count). The molecule has 0 bridgehead atoms. The fourth-order valence-corrected chi connectivity index (χ4v) is 6.94. The van der Waals surface area contributed by atoms with Crippen molar-refractivity contribution >= 4 is 33.6 Å². The molecule has 3 atom stereocenters. The number of carbonyl (C=O) groups is 2. The van der Waals surface area contributed by atoms with Gasteiger partial charge in [-0.15, -0.1) is 0 Å². The van der Waals surface area contributed by atoms with Crippen molar-refractivity contribution in [3.8, 4) is 0 Å². The highest BCUT2D eigenvalue weighted by Crippen LogP contribution is 2.35. The first-order valence-corrected chi connectivity index (χ1v) is 14.6. The lowest BCUT2D eigenvalue weighted by molar-refractivity contribution is -0.159. The second-order valence-electron chi connectivity index (χ2n) is 10.4. The predicted octanol–water partition coefficient (Wildman–Crippen LogP) is 5.25. The first kappa shape index (κ1) is 27.6. The molecule has 2 aromatic rings. The van der Waals surface area contributed by atoms with Crippen molar-refractivity contribution in [3.63, 3.8) is 0 Å². The van der Waals surface area contributed by atoms with Gasteiger partial charge in [0.25, 0.3) is 0 Å². The normalized spacial score (nSPS) is 22.4. The van der Waals surface area contributed by atoms with E-state index in [9.17, 15) is 18.0 Å². The summed E-state index contributed by atoms with van der Waals surface area (Å²) < 4.78 is 38.9. The third-order valence-electron chi connectivity index (χ3n) is 7.46. The summed E-state index contributed by atoms with van der Waals surface area (Å²) >= 11 is 6.21. The van der Waals surface area contributed by atoms with Crippen LogP contribution in [-0.2, 0) is 37.3 Å². The van der Waals surface area contributed by atoms with Gasteiger partial charge in [-0.05, 0) is 66.3 Å². The van der Waals surface area contributed by atoms with Crippen LogP contribution >= 0.6 is 11.6 Å². The number of hydrogen-bond acceptors (Lipinski definition) is 6. The van der Waals surface area contributed by atoms with Gasteiger partial charge in [-0.1, -0.05) is 63.1 Å². The highest BCUT2D eigenvalue weighted by molar-refractivity contribution is 7.89. The van der Waals surface area contributed by atoms with Gasteiger partial charge < -0.3 is 9.47 Å². The van der Waals surface area contributed by atoms with Gasteiger partial charge in [-0.25, -0.2) is 18.0 Å². The van der Waals surface area contributed by atoms with Crippen LogP contribution in [0, 0.1) is 17.8 Å². The number of ether oxygens (including phenoxy) is 2. The van der Waals surface area contributed by atoms with E-state index in [1.54, 1.807) is 0 Å². The molecule has 1 aliphatic carbocycles. The standard InChI is InChI=1S/C28H34ClNO6S/c1-18(2)23-10-8-19(3)14-26(23)36-27(31)17-35-28(32)24-15-22(9-11-25(24)29)37(33,34)30-13-12-20-6-4-5-7-21(20)16-30/h4-7,9,11,15,18-19,23,26H,8,10,12-14,16-17H2,1-3H3/t19-,23-,26-/m0/s1. The van der Waals surface area contributed by atoms with Crippen LogP contribution in [0.2, 0.25) is 5.02 Å². The molecule has 0 radical (unpaired) electrons. The summed E-state index contributed by atoms with van der Waals surface area (Å²) in [5.74, 6) is -0.378. The number of sulfonamides is 1. The molecule has 1 aliphatic heterocycles. The molecule has 1 heterocycles. The minimum atomic E-state index is -3.87. The molecule has 0 spiro atoms. The third kappa shape index (κ3) is 6.36. The van der Waals surface area contributed by atoms with Crippen molar-refractivity contribution in [1.82, 2.24) is 4.31 Å². The van der Waals surface area contributed by atoms with Crippen molar-refractivity contribution in [2.75, 3.05) is 13.2 Å². The zero-order valence-electron chi connectivity index (χ0n) is 21.5. The number of hydrogen-bond donors (Lipinski definition) is 0. The summed E-state index contributed by atoms with van der Waals surface area (Å²) in [4.78, 5) is 25.2. The van der Waals surface area contributed by atoms with Crippen LogP contribution in [0.1, 0.15) is 61.5 Å². The molecule has 1 fully saturated rings. The molecule has 37 heavy (non-hydrogen) atoms. The molecule has 0 saturated heterocycles. The lowest BCUT2D eigenvalue weighted by Crippen LogP contribution is -2.37. The van der Waals surface area contributed by atoms with E-state index in [-0.39, 0.29) is 34.0 Å². The van der Waals surface area contributed by atoms with E-state index >= 15 is 0 Å². The lowest BCUT2D eigenvalue weighted by Gasteiger charge is -2.36. The Balaban J connectivity index is 1.42. The van der Waals surface area contributed by atoms with Crippen LogP contribution in [0.15, 0.2) is 47.4 Å². The van der Waals surface area contributed by atoms with E-state index in [4.69, 9.17) is 21.1 Å². The summed E-state index contributed by atoms with van der Waals surface area (Å²) in [5, 5.41) is 0.0438. The first-order valence-electron chi connectivity index (χ1n) is 12.8. The Morgan fingerprint density at radius 1 is 1.11 bits per heavy atom. The monoisotopic (exact) mass is 547 g/mol. The Morgan fingerprint density at radius 3 is 2.57 bits per heavy atom. The number of nitrogens with zero attached hydrogens (tertiary/aromatic N) is 1. The second kappa shape index (κ2) is 11.5. The Kier molecular flexibility index (Phi) is 8.61. The van der Waals surface area contributed by atoms with E-state index in [1.165, 1.54) is 22.5 Å². The Labute approximate surface area is 224 Å². The third-order valence-corrected chi connectivity index (χ3v) is 9.63. The van der Waals surface area contributed by atoms with Gasteiger partial charge in [0.05, 0.1) is 15.5 Å². The maximum Gasteiger partial charge on any atom is 0.344 e. The molecule has 0 unspecified atom stereocenters. The van der Waals surface area contributed by atoms with Gasteiger partial charge in [-0.3, -0.25) is 0 Å². The van der Waals surface area contributed by atoms with Crippen LogP contribution in [0.3, 0.4) is 0 Å². The van der Waals surface area contributed by atoms with E-state index in [2.05, 4.69) is 20.8 Å². The summed E-state index contributed by atoms with van der Waals surface area (Å²) in [5.41, 5.74) is 1.97. The molecular formula is C28H34ClNO6S. The fraction of sp³-hybridized carbons (Fsp3) is 0.500.